The Morgan fingerprint density at radius 1 is 1.59 bits per heavy atom. The van der Waals surface area contributed by atoms with E-state index in [1.807, 2.05) is 6.07 Å². The average molecular weight is 253 g/mol. The van der Waals surface area contributed by atoms with Gasteiger partial charge < -0.3 is 15.6 Å². The topological polar surface area (TPSA) is 72.5 Å². The lowest BCUT2D eigenvalue weighted by molar-refractivity contribution is 0.0995. The highest BCUT2D eigenvalue weighted by molar-refractivity contribution is 7.99. The Balaban J connectivity index is 2.55. The van der Waals surface area contributed by atoms with E-state index in [4.69, 9.17) is 10.5 Å². The van der Waals surface area contributed by atoms with E-state index in [9.17, 15) is 9.90 Å². The minimum atomic E-state index is -0.623. The lowest BCUT2D eigenvalue weighted by Crippen LogP contribution is -2.14. The molecule has 0 aromatic heterocycles. The Labute approximate surface area is 104 Å². The van der Waals surface area contributed by atoms with Crippen LogP contribution in [0, 0.1) is 0 Å². The molecule has 0 aliphatic carbocycles. The van der Waals surface area contributed by atoms with Gasteiger partial charge in [0, 0.05) is 5.75 Å². The van der Waals surface area contributed by atoms with Gasteiger partial charge in [0.05, 0.1) is 23.2 Å². The van der Waals surface area contributed by atoms with Crippen molar-refractivity contribution in [2.24, 2.45) is 5.73 Å². The molecule has 4 nitrogen and oxygen atoms in total. The Morgan fingerprint density at radius 3 is 3.00 bits per heavy atom. The lowest BCUT2D eigenvalue weighted by atomic mass is 10.1. The largest absolute Gasteiger partial charge is 0.492 e. The number of hydrogen-bond acceptors (Lipinski definition) is 4. The number of ether oxygens (including phenoxy) is 1. The number of carbonyl (C=O) groups excluding carboxylic acids is 1. The summed E-state index contributed by atoms with van der Waals surface area (Å²) in [7, 11) is 0. The molecular formula is C12H15NO3S. The van der Waals surface area contributed by atoms with Crippen LogP contribution in [0.5, 0.6) is 5.75 Å². The Hall–Kier alpha value is -1.20. The van der Waals surface area contributed by atoms with Gasteiger partial charge in [0.1, 0.15) is 5.75 Å². The standard InChI is InChI=1S/C12H15NO3S/c1-7(14)8-5-9(12(13)15)11-10(6-8)17-4-2-3-16-11/h5-7,14H,2-4H2,1H3,(H2,13,15). The van der Waals surface area contributed by atoms with E-state index in [0.717, 1.165) is 17.1 Å². The Kier molecular flexibility index (Phi) is 3.59. The average Bonchev–Trinajstić information content (AvgIpc) is 2.51. The first-order valence-electron chi connectivity index (χ1n) is 5.51. The number of fused-ring (bicyclic) bond motifs is 1. The number of aliphatic hydroxyl groups is 1. The third-order valence-electron chi connectivity index (χ3n) is 2.62. The van der Waals surface area contributed by atoms with Gasteiger partial charge in [-0.3, -0.25) is 4.79 Å². The molecule has 1 heterocycles. The van der Waals surface area contributed by atoms with Crippen molar-refractivity contribution in [2.45, 2.75) is 24.3 Å². The van der Waals surface area contributed by atoms with E-state index in [1.54, 1.807) is 24.8 Å². The van der Waals surface area contributed by atoms with Crippen LogP contribution < -0.4 is 10.5 Å². The number of amides is 1. The smallest absolute Gasteiger partial charge is 0.252 e. The summed E-state index contributed by atoms with van der Waals surface area (Å²) in [6.07, 6.45) is 0.309. The highest BCUT2D eigenvalue weighted by atomic mass is 32.2. The summed E-state index contributed by atoms with van der Waals surface area (Å²) < 4.78 is 5.57. The molecule has 0 saturated heterocycles. The molecule has 3 N–H and O–H groups in total. The summed E-state index contributed by atoms with van der Waals surface area (Å²) in [6.45, 7) is 2.25. The maximum absolute atomic E-state index is 11.4. The number of aliphatic hydroxyl groups excluding tert-OH is 1. The molecule has 1 atom stereocenters. The third-order valence-corrected chi connectivity index (χ3v) is 3.72. The van der Waals surface area contributed by atoms with Gasteiger partial charge in [-0.25, -0.2) is 0 Å². The van der Waals surface area contributed by atoms with Crippen molar-refractivity contribution in [2.75, 3.05) is 12.4 Å². The highest BCUT2D eigenvalue weighted by Crippen LogP contribution is 2.37. The second-order valence-electron chi connectivity index (χ2n) is 3.99. The molecule has 1 aromatic carbocycles. The normalized spacial score (nSPS) is 16.6. The maximum atomic E-state index is 11.4. The molecule has 1 aromatic rings. The van der Waals surface area contributed by atoms with Gasteiger partial charge in [-0.05, 0) is 31.0 Å². The van der Waals surface area contributed by atoms with Crippen LogP contribution in [0.3, 0.4) is 0 Å². The Morgan fingerprint density at radius 2 is 2.35 bits per heavy atom. The van der Waals surface area contributed by atoms with E-state index in [2.05, 4.69) is 0 Å². The summed E-state index contributed by atoms with van der Waals surface area (Å²) in [5.41, 5.74) is 6.39. The molecular weight excluding hydrogens is 238 g/mol. The molecule has 0 bridgehead atoms. The minimum Gasteiger partial charge on any atom is -0.492 e. The van der Waals surface area contributed by atoms with Crippen LogP contribution in [0.15, 0.2) is 17.0 Å². The zero-order valence-corrected chi connectivity index (χ0v) is 10.4. The van der Waals surface area contributed by atoms with Crippen LogP contribution in [-0.2, 0) is 0 Å². The maximum Gasteiger partial charge on any atom is 0.252 e. The molecule has 1 aliphatic heterocycles. The molecule has 1 unspecified atom stereocenters. The minimum absolute atomic E-state index is 0.354. The van der Waals surface area contributed by atoms with Crippen molar-refractivity contribution in [1.82, 2.24) is 0 Å². The molecule has 0 saturated carbocycles. The van der Waals surface area contributed by atoms with Crippen LogP contribution in [0.4, 0.5) is 0 Å². The molecule has 0 spiro atoms. The zero-order chi connectivity index (χ0) is 12.4. The SMILES string of the molecule is CC(O)c1cc2c(c(C(N)=O)c1)OCCCS2. The van der Waals surface area contributed by atoms with E-state index >= 15 is 0 Å². The fourth-order valence-corrected chi connectivity index (χ4v) is 2.72. The van der Waals surface area contributed by atoms with Gasteiger partial charge in [-0.15, -0.1) is 11.8 Å². The number of thioether (sulfide) groups is 1. The number of carbonyl (C=O) groups is 1. The van der Waals surface area contributed by atoms with Gasteiger partial charge in [0.25, 0.3) is 5.91 Å². The highest BCUT2D eigenvalue weighted by Gasteiger charge is 2.20. The third kappa shape index (κ3) is 2.56. The van der Waals surface area contributed by atoms with Crippen LogP contribution in [0.1, 0.15) is 35.4 Å². The summed E-state index contributed by atoms with van der Waals surface area (Å²) in [6, 6.07) is 3.47. The van der Waals surface area contributed by atoms with Crippen molar-refractivity contribution < 1.29 is 14.6 Å². The van der Waals surface area contributed by atoms with E-state index in [-0.39, 0.29) is 0 Å². The molecule has 1 amide bonds. The number of hydrogen-bond donors (Lipinski definition) is 2. The van der Waals surface area contributed by atoms with Gasteiger partial charge in [0.2, 0.25) is 0 Å². The van der Waals surface area contributed by atoms with Crippen molar-refractivity contribution in [1.29, 1.82) is 0 Å². The van der Waals surface area contributed by atoms with Crippen LogP contribution in [0.2, 0.25) is 0 Å². The summed E-state index contributed by atoms with van der Waals surface area (Å²) in [4.78, 5) is 12.3. The summed E-state index contributed by atoms with van der Waals surface area (Å²) in [5.74, 6) is 0.977. The van der Waals surface area contributed by atoms with Gasteiger partial charge in [0.15, 0.2) is 0 Å². The van der Waals surface area contributed by atoms with Crippen molar-refractivity contribution >= 4 is 17.7 Å². The molecule has 92 valence electrons. The first-order valence-corrected chi connectivity index (χ1v) is 6.49. The van der Waals surface area contributed by atoms with E-state index in [0.29, 0.717) is 23.5 Å². The second-order valence-corrected chi connectivity index (χ2v) is 5.12. The summed E-state index contributed by atoms with van der Waals surface area (Å²) in [5, 5.41) is 9.60. The molecule has 1 aliphatic rings. The predicted octanol–water partition coefficient (Wildman–Crippen LogP) is 1.71. The predicted molar refractivity (Wildman–Crippen MR) is 66.4 cm³/mol. The molecule has 2 rings (SSSR count). The second kappa shape index (κ2) is 4.98. The quantitative estimate of drug-likeness (QED) is 0.841. The lowest BCUT2D eigenvalue weighted by Gasteiger charge is -2.14. The van der Waals surface area contributed by atoms with Crippen molar-refractivity contribution in [3.63, 3.8) is 0 Å². The summed E-state index contributed by atoms with van der Waals surface area (Å²) >= 11 is 1.63. The van der Waals surface area contributed by atoms with Crippen LogP contribution in [0.25, 0.3) is 0 Å². The van der Waals surface area contributed by atoms with E-state index < -0.39 is 12.0 Å². The molecule has 0 fully saturated rings. The van der Waals surface area contributed by atoms with Crippen molar-refractivity contribution in [3.05, 3.63) is 23.3 Å². The van der Waals surface area contributed by atoms with Gasteiger partial charge in [-0.2, -0.15) is 0 Å². The van der Waals surface area contributed by atoms with Crippen molar-refractivity contribution in [3.8, 4) is 5.75 Å². The van der Waals surface area contributed by atoms with Gasteiger partial charge in [-0.1, -0.05) is 0 Å². The monoisotopic (exact) mass is 253 g/mol. The number of primary amides is 1. The molecule has 5 heteroatoms. The number of benzene rings is 1. The zero-order valence-electron chi connectivity index (χ0n) is 9.60. The van der Waals surface area contributed by atoms with Gasteiger partial charge >= 0.3 is 0 Å². The number of nitrogens with two attached hydrogens (primary N) is 1. The molecule has 17 heavy (non-hydrogen) atoms. The van der Waals surface area contributed by atoms with Crippen LogP contribution >= 0.6 is 11.8 Å². The number of rotatable bonds is 2. The Bertz CT molecular complexity index is 446. The fourth-order valence-electron chi connectivity index (χ4n) is 1.72. The fraction of sp³-hybridized carbons (Fsp3) is 0.417. The first kappa shape index (κ1) is 12.3. The van der Waals surface area contributed by atoms with Crippen LogP contribution in [-0.4, -0.2) is 23.4 Å². The molecule has 0 radical (unpaired) electrons. The van der Waals surface area contributed by atoms with E-state index in [1.165, 1.54) is 0 Å². The first-order chi connectivity index (χ1) is 8.09.